The van der Waals surface area contributed by atoms with E-state index in [0.717, 1.165) is 18.8 Å². The molecule has 1 aromatic rings. The van der Waals surface area contributed by atoms with Crippen molar-refractivity contribution >= 4 is 5.97 Å². The summed E-state index contributed by atoms with van der Waals surface area (Å²) in [6, 6.07) is 3.87. The van der Waals surface area contributed by atoms with Crippen molar-refractivity contribution < 1.29 is 14.3 Å². The molecule has 0 aliphatic carbocycles. The van der Waals surface area contributed by atoms with Gasteiger partial charge in [-0.05, 0) is 32.9 Å². The van der Waals surface area contributed by atoms with E-state index in [-0.39, 0.29) is 11.5 Å². The lowest BCUT2D eigenvalue weighted by Gasteiger charge is -2.45. The minimum absolute atomic E-state index is 0.0987. The molecule has 5 nitrogen and oxygen atoms in total. The van der Waals surface area contributed by atoms with Crippen LogP contribution in [-0.4, -0.2) is 35.9 Å². The highest BCUT2D eigenvalue weighted by molar-refractivity contribution is 5.88. The first-order valence-corrected chi connectivity index (χ1v) is 6.67. The Morgan fingerprint density at radius 2 is 2.16 bits per heavy atom. The maximum atomic E-state index is 12.2. The molecule has 19 heavy (non-hydrogen) atoms. The Morgan fingerprint density at radius 1 is 1.42 bits per heavy atom. The Bertz CT molecular complexity index is 509. The summed E-state index contributed by atoms with van der Waals surface area (Å²) in [5.74, 6) is -0.254. The molecule has 104 valence electrons. The van der Waals surface area contributed by atoms with Crippen LogP contribution in [0.3, 0.4) is 0 Å². The predicted molar refractivity (Wildman–Crippen MR) is 70.1 cm³/mol. The quantitative estimate of drug-likeness (QED) is 0.776. The zero-order valence-electron chi connectivity index (χ0n) is 11.7. The van der Waals surface area contributed by atoms with Gasteiger partial charge >= 0.3 is 5.97 Å². The van der Waals surface area contributed by atoms with Crippen LogP contribution >= 0.6 is 0 Å². The average Bonchev–Trinajstić information content (AvgIpc) is 2.67. The van der Waals surface area contributed by atoms with E-state index in [1.807, 2.05) is 32.9 Å². The van der Waals surface area contributed by atoms with Gasteiger partial charge in [0.2, 0.25) is 0 Å². The lowest BCUT2D eigenvalue weighted by molar-refractivity contribution is -0.0879. The number of rotatable bonds is 1. The number of nitrogens with one attached hydrogen (secondary N) is 1. The first-order valence-electron chi connectivity index (χ1n) is 6.67. The third-order valence-corrected chi connectivity index (χ3v) is 3.57. The summed E-state index contributed by atoms with van der Waals surface area (Å²) in [5, 5.41) is 3.49. The number of nitrogens with zero attached hydrogens (tertiary/aromatic N) is 1. The highest BCUT2D eigenvalue weighted by atomic mass is 16.6. The third-order valence-electron chi connectivity index (χ3n) is 3.57. The van der Waals surface area contributed by atoms with Gasteiger partial charge in [-0.3, -0.25) is 0 Å². The first-order chi connectivity index (χ1) is 8.91. The van der Waals surface area contributed by atoms with Crippen molar-refractivity contribution in [2.45, 2.75) is 38.5 Å². The molecular weight excluding hydrogens is 244 g/mol. The van der Waals surface area contributed by atoms with Crippen molar-refractivity contribution in [3.8, 4) is 0 Å². The summed E-state index contributed by atoms with van der Waals surface area (Å²) in [6.07, 6.45) is 0. The molecule has 3 heterocycles. The van der Waals surface area contributed by atoms with Crippen LogP contribution in [0.2, 0.25) is 0 Å². The molecule has 1 saturated heterocycles. The lowest BCUT2D eigenvalue weighted by atomic mass is 9.91. The molecule has 1 spiro atoms. The van der Waals surface area contributed by atoms with Crippen molar-refractivity contribution in [1.82, 2.24) is 9.88 Å². The second-order valence-electron chi connectivity index (χ2n) is 6.26. The Hall–Kier alpha value is -1.33. The molecule has 0 aromatic carbocycles. The van der Waals surface area contributed by atoms with Gasteiger partial charge in [0.15, 0.2) is 0 Å². The van der Waals surface area contributed by atoms with Crippen LogP contribution in [-0.2, 0) is 21.6 Å². The van der Waals surface area contributed by atoms with Crippen molar-refractivity contribution in [3.63, 3.8) is 0 Å². The van der Waals surface area contributed by atoms with Crippen molar-refractivity contribution in [2.24, 2.45) is 0 Å². The topological polar surface area (TPSA) is 52.5 Å². The van der Waals surface area contributed by atoms with E-state index in [1.165, 1.54) is 0 Å². The molecule has 2 aliphatic heterocycles. The summed E-state index contributed by atoms with van der Waals surface area (Å²) in [5.41, 5.74) is 1.20. The fourth-order valence-corrected chi connectivity index (χ4v) is 2.69. The van der Waals surface area contributed by atoms with Crippen molar-refractivity contribution in [3.05, 3.63) is 23.5 Å². The van der Waals surface area contributed by atoms with Crippen molar-refractivity contribution in [1.29, 1.82) is 0 Å². The van der Waals surface area contributed by atoms with Crippen LogP contribution in [0.4, 0.5) is 0 Å². The normalized spacial score (nSPS) is 20.8. The second kappa shape index (κ2) is 4.08. The van der Waals surface area contributed by atoms with E-state index < -0.39 is 5.60 Å². The Morgan fingerprint density at radius 3 is 2.74 bits per heavy atom. The highest BCUT2D eigenvalue weighted by Crippen LogP contribution is 2.33. The maximum Gasteiger partial charge on any atom is 0.355 e. The highest BCUT2D eigenvalue weighted by Gasteiger charge is 2.45. The van der Waals surface area contributed by atoms with Gasteiger partial charge in [0.05, 0.1) is 13.2 Å². The molecule has 5 heteroatoms. The molecule has 0 amide bonds. The number of carbonyl (C=O) groups is 1. The summed E-state index contributed by atoms with van der Waals surface area (Å²) in [7, 11) is 0. The molecule has 0 atom stereocenters. The number of hydrogen-bond acceptors (Lipinski definition) is 4. The zero-order valence-corrected chi connectivity index (χ0v) is 11.7. The molecule has 0 unspecified atom stereocenters. The smallest absolute Gasteiger partial charge is 0.355 e. The Labute approximate surface area is 112 Å². The average molecular weight is 264 g/mol. The monoisotopic (exact) mass is 264 g/mol. The molecule has 3 rings (SSSR count). The van der Waals surface area contributed by atoms with Gasteiger partial charge in [-0.2, -0.15) is 0 Å². The van der Waals surface area contributed by atoms with Gasteiger partial charge < -0.3 is 19.4 Å². The third kappa shape index (κ3) is 2.07. The summed E-state index contributed by atoms with van der Waals surface area (Å²) < 4.78 is 12.8. The molecular formula is C14H20N2O3. The number of hydrogen-bond donors (Lipinski definition) is 1. The molecule has 0 saturated carbocycles. The van der Waals surface area contributed by atoms with Crippen LogP contribution < -0.4 is 5.32 Å². The minimum Gasteiger partial charge on any atom is -0.455 e. The van der Waals surface area contributed by atoms with Gasteiger partial charge in [0.25, 0.3) is 0 Å². The lowest BCUT2D eigenvalue weighted by Crippen LogP contribution is -2.61. The van der Waals surface area contributed by atoms with E-state index in [9.17, 15) is 4.79 Å². The molecule has 0 bridgehead atoms. The molecule has 1 N–H and O–H groups in total. The summed E-state index contributed by atoms with van der Waals surface area (Å²) >= 11 is 0. The zero-order chi connectivity index (χ0) is 13.7. The number of ether oxygens (including phenoxy) is 2. The first kappa shape index (κ1) is 12.7. The Balaban J connectivity index is 1.91. The molecule has 2 aliphatic rings. The van der Waals surface area contributed by atoms with Crippen LogP contribution in [0.1, 0.15) is 37.0 Å². The van der Waals surface area contributed by atoms with Crippen LogP contribution in [0, 0.1) is 0 Å². The van der Waals surface area contributed by atoms with Crippen LogP contribution in [0.5, 0.6) is 0 Å². The minimum atomic E-state index is -0.466. The number of fused-ring (bicyclic) bond motifs is 2. The van der Waals surface area contributed by atoms with E-state index in [4.69, 9.17) is 9.47 Å². The standard InChI is InChI=1S/C14H20N2O3/c1-13(2,3)19-12(17)10-4-5-11-14(8-18-9-14)15-6-7-16(10)11/h4-5,15H,6-9H2,1-3H3. The number of esters is 1. The SMILES string of the molecule is CC(C)(C)OC(=O)c1ccc2n1CCNC21COC1. The maximum absolute atomic E-state index is 12.2. The molecule has 1 fully saturated rings. The van der Waals surface area contributed by atoms with E-state index in [1.54, 1.807) is 0 Å². The van der Waals surface area contributed by atoms with E-state index >= 15 is 0 Å². The predicted octanol–water partition coefficient (Wildman–Crippen LogP) is 1.27. The number of aromatic nitrogens is 1. The fourth-order valence-electron chi connectivity index (χ4n) is 2.69. The molecule has 0 radical (unpaired) electrons. The van der Waals surface area contributed by atoms with Crippen molar-refractivity contribution in [2.75, 3.05) is 19.8 Å². The van der Waals surface area contributed by atoms with Crippen LogP contribution in [0.25, 0.3) is 0 Å². The van der Waals surface area contributed by atoms with Gasteiger partial charge in [-0.15, -0.1) is 0 Å². The summed E-state index contributed by atoms with van der Waals surface area (Å²) in [6.45, 7) is 8.63. The van der Waals surface area contributed by atoms with Gasteiger partial charge in [-0.1, -0.05) is 0 Å². The second-order valence-corrected chi connectivity index (χ2v) is 6.26. The molecule has 1 aromatic heterocycles. The van der Waals surface area contributed by atoms with Crippen LogP contribution in [0.15, 0.2) is 12.1 Å². The van der Waals surface area contributed by atoms with Gasteiger partial charge in [-0.25, -0.2) is 4.79 Å². The fraction of sp³-hybridized carbons (Fsp3) is 0.643. The van der Waals surface area contributed by atoms with Gasteiger partial charge in [0, 0.05) is 18.8 Å². The number of carbonyl (C=O) groups excluding carboxylic acids is 1. The van der Waals surface area contributed by atoms with E-state index in [2.05, 4.69) is 9.88 Å². The summed E-state index contributed by atoms with van der Waals surface area (Å²) in [4.78, 5) is 12.2. The van der Waals surface area contributed by atoms with E-state index in [0.29, 0.717) is 18.9 Å². The largest absolute Gasteiger partial charge is 0.455 e. The Kier molecular flexibility index (Phi) is 2.73. The van der Waals surface area contributed by atoms with Gasteiger partial charge in [0.1, 0.15) is 16.8 Å².